The molecule has 2 heterocycles. The molecule has 0 unspecified atom stereocenters. The normalized spacial score (nSPS) is 16.7. The maximum atomic E-state index is 12.8. The maximum Gasteiger partial charge on any atom is 0.329 e. The van der Waals surface area contributed by atoms with Crippen LogP contribution < -0.4 is 4.74 Å². The molecule has 152 valence electrons. The molecule has 0 aliphatic carbocycles. The third kappa shape index (κ3) is 4.08. The molecule has 0 bridgehead atoms. The number of thioether (sulfide) groups is 1. The fourth-order valence-corrected chi connectivity index (χ4v) is 4.25. The highest BCUT2D eigenvalue weighted by molar-refractivity contribution is 8.18. The molecule has 1 aromatic heterocycles. The lowest BCUT2D eigenvalue weighted by Gasteiger charge is -2.15. The van der Waals surface area contributed by atoms with Gasteiger partial charge in [-0.2, -0.15) is 0 Å². The Morgan fingerprint density at radius 1 is 1.27 bits per heavy atom. The number of carboxylic acid groups (broad SMARTS) is 1. The lowest BCUT2D eigenvalue weighted by molar-refractivity contribution is -0.132. The predicted molar refractivity (Wildman–Crippen MR) is 117 cm³/mol. The second kappa shape index (κ2) is 8.46. The van der Waals surface area contributed by atoms with Crippen LogP contribution >= 0.6 is 11.8 Å². The summed E-state index contributed by atoms with van der Waals surface area (Å²) in [7, 11) is 1.57. The highest BCUT2D eigenvalue weighted by atomic mass is 32.2. The number of aromatic nitrogens is 1. The summed E-state index contributed by atoms with van der Waals surface area (Å²) < 4.78 is 5.23. The molecule has 1 aliphatic rings. The lowest BCUT2D eigenvalue weighted by atomic mass is 10.1. The zero-order valence-electron chi connectivity index (χ0n) is 16.2. The molecule has 1 amide bonds. The quantitative estimate of drug-likeness (QED) is 0.588. The van der Waals surface area contributed by atoms with Gasteiger partial charge in [0.1, 0.15) is 5.75 Å². The SMILES string of the molecule is COc1cccc(N=C2SC(=CC(=O)O)C(=O)N2CCc2c[nH]c3ccccc23)c1. The van der Waals surface area contributed by atoms with E-state index >= 15 is 0 Å². The van der Waals surface area contributed by atoms with Crippen LogP contribution in [0.2, 0.25) is 0 Å². The van der Waals surface area contributed by atoms with Crippen LogP contribution in [-0.2, 0) is 16.0 Å². The van der Waals surface area contributed by atoms with E-state index in [0.717, 1.165) is 34.3 Å². The van der Waals surface area contributed by atoms with Crippen molar-refractivity contribution in [1.82, 2.24) is 9.88 Å². The van der Waals surface area contributed by atoms with Crippen molar-refractivity contribution in [3.05, 3.63) is 71.3 Å². The smallest absolute Gasteiger partial charge is 0.329 e. The minimum Gasteiger partial charge on any atom is -0.497 e. The predicted octanol–water partition coefficient (Wildman–Crippen LogP) is 3.95. The summed E-state index contributed by atoms with van der Waals surface area (Å²) in [5.41, 5.74) is 2.74. The first-order valence-electron chi connectivity index (χ1n) is 9.27. The van der Waals surface area contributed by atoms with E-state index in [1.54, 1.807) is 25.3 Å². The molecule has 0 atom stereocenters. The minimum absolute atomic E-state index is 0.142. The van der Waals surface area contributed by atoms with Gasteiger partial charge in [0.25, 0.3) is 5.91 Å². The number of hydrogen-bond donors (Lipinski definition) is 2. The van der Waals surface area contributed by atoms with E-state index in [1.807, 2.05) is 36.5 Å². The number of carboxylic acids is 1. The Bertz CT molecular complexity index is 1180. The van der Waals surface area contributed by atoms with Crippen LogP contribution in [0.5, 0.6) is 5.75 Å². The fraction of sp³-hybridized carbons (Fsp3) is 0.136. The number of aliphatic carboxylic acids is 1. The van der Waals surface area contributed by atoms with Crippen molar-refractivity contribution in [1.29, 1.82) is 0 Å². The molecule has 8 heteroatoms. The Morgan fingerprint density at radius 2 is 2.10 bits per heavy atom. The molecule has 0 spiro atoms. The van der Waals surface area contributed by atoms with Gasteiger partial charge in [-0.1, -0.05) is 24.3 Å². The summed E-state index contributed by atoms with van der Waals surface area (Å²) in [5, 5.41) is 10.6. The Balaban J connectivity index is 1.63. The monoisotopic (exact) mass is 421 g/mol. The molecule has 2 aromatic carbocycles. The largest absolute Gasteiger partial charge is 0.497 e. The van der Waals surface area contributed by atoms with E-state index in [9.17, 15) is 9.59 Å². The van der Waals surface area contributed by atoms with Crippen molar-refractivity contribution in [2.24, 2.45) is 4.99 Å². The van der Waals surface area contributed by atoms with Gasteiger partial charge in [0.05, 0.1) is 17.7 Å². The van der Waals surface area contributed by atoms with Crippen LogP contribution in [0.25, 0.3) is 10.9 Å². The van der Waals surface area contributed by atoms with Gasteiger partial charge >= 0.3 is 5.97 Å². The number of rotatable bonds is 6. The van der Waals surface area contributed by atoms with Crippen LogP contribution in [-0.4, -0.2) is 45.7 Å². The standard InChI is InChI=1S/C22H19N3O4S/c1-29-16-6-4-5-15(11-16)24-22-25(21(28)19(30-22)12-20(26)27)10-9-14-13-23-18-8-3-2-7-17(14)18/h2-8,11-13,23H,9-10H2,1H3,(H,26,27). The van der Waals surface area contributed by atoms with Gasteiger partial charge in [-0.3, -0.25) is 9.69 Å². The number of hydrogen-bond acceptors (Lipinski definition) is 5. The summed E-state index contributed by atoms with van der Waals surface area (Å²) in [6.07, 6.45) is 3.47. The third-order valence-corrected chi connectivity index (χ3v) is 5.71. The van der Waals surface area contributed by atoms with Crippen LogP contribution in [0.3, 0.4) is 0 Å². The number of methoxy groups -OCH3 is 1. The average Bonchev–Trinajstić information content (AvgIpc) is 3.27. The van der Waals surface area contributed by atoms with Crippen molar-refractivity contribution < 1.29 is 19.4 Å². The number of nitrogens with zero attached hydrogens (tertiary/aromatic N) is 2. The number of amides is 1. The van der Waals surface area contributed by atoms with Gasteiger partial charge in [-0.05, 0) is 41.9 Å². The van der Waals surface area contributed by atoms with E-state index in [1.165, 1.54) is 4.90 Å². The lowest BCUT2D eigenvalue weighted by Crippen LogP contribution is -2.31. The Kier molecular flexibility index (Phi) is 5.58. The van der Waals surface area contributed by atoms with Crippen molar-refractivity contribution in [3.8, 4) is 5.75 Å². The van der Waals surface area contributed by atoms with Crippen LogP contribution in [0.15, 0.2) is 70.7 Å². The number of H-pyrrole nitrogens is 1. The Morgan fingerprint density at radius 3 is 2.90 bits per heavy atom. The zero-order chi connectivity index (χ0) is 21.1. The van der Waals surface area contributed by atoms with Crippen molar-refractivity contribution in [3.63, 3.8) is 0 Å². The molecule has 7 nitrogen and oxygen atoms in total. The molecule has 30 heavy (non-hydrogen) atoms. The molecule has 4 rings (SSSR count). The highest BCUT2D eigenvalue weighted by Crippen LogP contribution is 2.33. The number of aliphatic imine (C=N–C) groups is 1. The van der Waals surface area contributed by atoms with E-state index in [0.29, 0.717) is 29.6 Å². The van der Waals surface area contributed by atoms with Gasteiger partial charge in [0.15, 0.2) is 5.17 Å². The summed E-state index contributed by atoms with van der Waals surface area (Å²) in [4.78, 5) is 33.5. The van der Waals surface area contributed by atoms with Crippen molar-refractivity contribution >= 4 is 45.4 Å². The average molecular weight is 421 g/mol. The van der Waals surface area contributed by atoms with E-state index in [-0.39, 0.29) is 10.8 Å². The number of para-hydroxylation sites is 1. The summed E-state index contributed by atoms with van der Waals surface area (Å²) >= 11 is 1.06. The number of aromatic amines is 1. The fourth-order valence-electron chi connectivity index (χ4n) is 3.26. The molecule has 2 N–H and O–H groups in total. The van der Waals surface area contributed by atoms with Crippen LogP contribution in [0.1, 0.15) is 5.56 Å². The zero-order valence-corrected chi connectivity index (χ0v) is 17.0. The molecule has 0 radical (unpaired) electrons. The molecule has 1 aliphatic heterocycles. The highest BCUT2D eigenvalue weighted by Gasteiger charge is 2.34. The number of fused-ring (bicyclic) bond motifs is 1. The van der Waals surface area contributed by atoms with E-state index in [4.69, 9.17) is 9.84 Å². The number of carbonyl (C=O) groups is 2. The number of carbonyl (C=O) groups excluding carboxylic acids is 1. The van der Waals surface area contributed by atoms with Gasteiger partial charge in [0, 0.05) is 35.8 Å². The number of amidine groups is 1. The Hall–Kier alpha value is -3.52. The Labute approximate surface area is 177 Å². The topological polar surface area (TPSA) is 95.0 Å². The van der Waals surface area contributed by atoms with Crippen LogP contribution in [0, 0.1) is 0 Å². The summed E-state index contributed by atoms with van der Waals surface area (Å²) in [6.45, 7) is 0.382. The second-order valence-electron chi connectivity index (χ2n) is 6.61. The number of nitrogens with one attached hydrogen (secondary N) is 1. The minimum atomic E-state index is -1.16. The summed E-state index contributed by atoms with van der Waals surface area (Å²) in [5.74, 6) is -0.869. The molecule has 0 saturated carbocycles. The maximum absolute atomic E-state index is 12.8. The van der Waals surface area contributed by atoms with Crippen molar-refractivity contribution in [2.45, 2.75) is 6.42 Å². The van der Waals surface area contributed by atoms with Crippen LogP contribution in [0.4, 0.5) is 5.69 Å². The van der Waals surface area contributed by atoms with E-state index in [2.05, 4.69) is 9.98 Å². The molecule has 1 fully saturated rings. The van der Waals surface area contributed by atoms with E-state index < -0.39 is 5.97 Å². The first-order valence-corrected chi connectivity index (χ1v) is 10.1. The van der Waals surface area contributed by atoms with Gasteiger partial charge < -0.3 is 14.8 Å². The van der Waals surface area contributed by atoms with Crippen molar-refractivity contribution in [2.75, 3.05) is 13.7 Å². The first-order chi connectivity index (χ1) is 14.5. The third-order valence-electron chi connectivity index (χ3n) is 4.70. The number of ether oxygens (including phenoxy) is 1. The number of benzene rings is 2. The first kappa shape index (κ1) is 19.8. The summed E-state index contributed by atoms with van der Waals surface area (Å²) in [6, 6.07) is 15.1. The van der Waals surface area contributed by atoms with Gasteiger partial charge in [0.2, 0.25) is 0 Å². The molecule has 1 saturated heterocycles. The van der Waals surface area contributed by atoms with Gasteiger partial charge in [-0.15, -0.1) is 0 Å². The van der Waals surface area contributed by atoms with Gasteiger partial charge in [-0.25, -0.2) is 9.79 Å². The molecule has 3 aromatic rings. The molecular formula is C22H19N3O4S. The second-order valence-corrected chi connectivity index (χ2v) is 7.62. The molecular weight excluding hydrogens is 402 g/mol.